The van der Waals surface area contributed by atoms with Crippen molar-refractivity contribution in [3.05, 3.63) is 28.4 Å². The molecule has 1 aromatic heterocycles. The SMILES string of the molecule is COc1cc(Br)c2occ(CNC(C)(C)C)c2c1. The molecule has 0 atom stereocenters. The Hall–Kier alpha value is -1.00. The fourth-order valence-electron chi connectivity index (χ4n) is 1.74. The molecule has 0 radical (unpaired) electrons. The van der Waals surface area contributed by atoms with Gasteiger partial charge in [-0.05, 0) is 48.8 Å². The van der Waals surface area contributed by atoms with E-state index in [0.717, 1.165) is 33.3 Å². The van der Waals surface area contributed by atoms with Crippen LogP contribution in [0.1, 0.15) is 26.3 Å². The van der Waals surface area contributed by atoms with Crippen molar-refractivity contribution in [2.75, 3.05) is 7.11 Å². The summed E-state index contributed by atoms with van der Waals surface area (Å²) in [5.41, 5.74) is 2.08. The summed E-state index contributed by atoms with van der Waals surface area (Å²) >= 11 is 3.50. The number of nitrogens with one attached hydrogen (secondary N) is 1. The fourth-order valence-corrected chi connectivity index (χ4v) is 2.27. The third-order valence-corrected chi connectivity index (χ3v) is 3.32. The Morgan fingerprint density at radius 1 is 1.33 bits per heavy atom. The number of hydrogen-bond acceptors (Lipinski definition) is 3. The molecule has 0 spiro atoms. The zero-order valence-electron chi connectivity index (χ0n) is 11.1. The molecule has 0 unspecified atom stereocenters. The molecule has 0 aliphatic rings. The predicted octanol–water partition coefficient (Wildman–Crippen LogP) is 4.09. The molecule has 0 bridgehead atoms. The highest BCUT2D eigenvalue weighted by Gasteiger charge is 2.14. The van der Waals surface area contributed by atoms with E-state index in [1.165, 1.54) is 0 Å². The van der Waals surface area contributed by atoms with Gasteiger partial charge in [0.25, 0.3) is 0 Å². The van der Waals surface area contributed by atoms with Crippen molar-refractivity contribution in [2.24, 2.45) is 0 Å². The van der Waals surface area contributed by atoms with Gasteiger partial charge in [0.1, 0.15) is 11.3 Å². The molecule has 0 saturated carbocycles. The smallest absolute Gasteiger partial charge is 0.148 e. The number of benzene rings is 1. The molecule has 98 valence electrons. The second kappa shape index (κ2) is 4.94. The molecule has 18 heavy (non-hydrogen) atoms. The Balaban J connectivity index is 2.37. The standard InChI is InChI=1S/C14H18BrNO2/c1-14(2,3)16-7-9-8-18-13-11(9)5-10(17-4)6-12(13)15/h5-6,8,16H,7H2,1-4H3. The second-order valence-electron chi connectivity index (χ2n) is 5.35. The van der Waals surface area contributed by atoms with E-state index in [9.17, 15) is 0 Å². The van der Waals surface area contributed by atoms with Crippen LogP contribution in [0.4, 0.5) is 0 Å². The number of rotatable bonds is 3. The van der Waals surface area contributed by atoms with Gasteiger partial charge in [-0.2, -0.15) is 0 Å². The van der Waals surface area contributed by atoms with Crippen molar-refractivity contribution >= 4 is 26.9 Å². The molecule has 2 aromatic rings. The van der Waals surface area contributed by atoms with Crippen molar-refractivity contribution in [3.63, 3.8) is 0 Å². The van der Waals surface area contributed by atoms with Crippen LogP contribution < -0.4 is 10.1 Å². The van der Waals surface area contributed by atoms with Gasteiger partial charge in [-0.25, -0.2) is 0 Å². The molecule has 0 amide bonds. The molecule has 4 heteroatoms. The van der Waals surface area contributed by atoms with Crippen molar-refractivity contribution in [1.29, 1.82) is 0 Å². The summed E-state index contributed by atoms with van der Waals surface area (Å²) in [6, 6.07) is 3.91. The van der Waals surface area contributed by atoms with E-state index in [-0.39, 0.29) is 5.54 Å². The lowest BCUT2D eigenvalue weighted by Crippen LogP contribution is -2.34. The molecular weight excluding hydrogens is 294 g/mol. The molecule has 0 aliphatic carbocycles. The number of fused-ring (bicyclic) bond motifs is 1. The first-order valence-electron chi connectivity index (χ1n) is 5.89. The number of methoxy groups -OCH3 is 1. The van der Waals surface area contributed by atoms with E-state index >= 15 is 0 Å². The molecule has 1 N–H and O–H groups in total. The van der Waals surface area contributed by atoms with Crippen LogP contribution in [0.25, 0.3) is 11.0 Å². The van der Waals surface area contributed by atoms with Gasteiger partial charge in [0.2, 0.25) is 0 Å². The van der Waals surface area contributed by atoms with Crippen molar-refractivity contribution in [1.82, 2.24) is 5.32 Å². The van der Waals surface area contributed by atoms with Gasteiger partial charge in [-0.15, -0.1) is 0 Å². The van der Waals surface area contributed by atoms with E-state index < -0.39 is 0 Å². The van der Waals surface area contributed by atoms with Gasteiger partial charge >= 0.3 is 0 Å². The van der Waals surface area contributed by atoms with Crippen LogP contribution in [0.3, 0.4) is 0 Å². The average molecular weight is 312 g/mol. The lowest BCUT2D eigenvalue weighted by atomic mass is 10.1. The summed E-state index contributed by atoms with van der Waals surface area (Å²) in [6.45, 7) is 7.21. The van der Waals surface area contributed by atoms with Gasteiger partial charge in [-0.1, -0.05) is 0 Å². The molecular formula is C14H18BrNO2. The lowest BCUT2D eigenvalue weighted by Gasteiger charge is -2.20. The maximum Gasteiger partial charge on any atom is 0.148 e. The van der Waals surface area contributed by atoms with E-state index in [2.05, 4.69) is 42.0 Å². The zero-order valence-corrected chi connectivity index (χ0v) is 12.7. The van der Waals surface area contributed by atoms with Crippen LogP contribution in [0.15, 0.2) is 27.3 Å². The minimum atomic E-state index is 0.0830. The van der Waals surface area contributed by atoms with Crippen LogP contribution in [0.5, 0.6) is 5.75 Å². The van der Waals surface area contributed by atoms with Crippen LogP contribution in [0.2, 0.25) is 0 Å². The monoisotopic (exact) mass is 311 g/mol. The van der Waals surface area contributed by atoms with Gasteiger partial charge < -0.3 is 14.5 Å². The minimum absolute atomic E-state index is 0.0830. The van der Waals surface area contributed by atoms with Gasteiger partial charge in [-0.3, -0.25) is 0 Å². The van der Waals surface area contributed by atoms with Gasteiger partial charge in [0.05, 0.1) is 17.8 Å². The summed E-state index contributed by atoms with van der Waals surface area (Å²) in [7, 11) is 1.67. The first-order valence-corrected chi connectivity index (χ1v) is 6.68. The van der Waals surface area contributed by atoms with Crippen LogP contribution >= 0.6 is 15.9 Å². The molecule has 2 rings (SSSR count). The van der Waals surface area contributed by atoms with Gasteiger partial charge in [0, 0.05) is 23.0 Å². The Kier molecular flexibility index (Phi) is 3.69. The molecule has 3 nitrogen and oxygen atoms in total. The van der Waals surface area contributed by atoms with Crippen LogP contribution in [-0.2, 0) is 6.54 Å². The topological polar surface area (TPSA) is 34.4 Å². The zero-order chi connectivity index (χ0) is 13.3. The van der Waals surface area contributed by atoms with E-state index in [1.807, 2.05) is 12.1 Å². The van der Waals surface area contributed by atoms with E-state index in [1.54, 1.807) is 13.4 Å². The minimum Gasteiger partial charge on any atom is -0.497 e. The van der Waals surface area contributed by atoms with Crippen molar-refractivity contribution in [3.8, 4) is 5.75 Å². The number of halogens is 1. The highest BCUT2D eigenvalue weighted by atomic mass is 79.9. The Bertz CT molecular complexity index is 555. The maximum absolute atomic E-state index is 5.60. The second-order valence-corrected chi connectivity index (χ2v) is 6.20. The fraction of sp³-hybridized carbons (Fsp3) is 0.429. The predicted molar refractivity (Wildman–Crippen MR) is 77.1 cm³/mol. The molecule has 1 aromatic carbocycles. The largest absolute Gasteiger partial charge is 0.497 e. The maximum atomic E-state index is 5.60. The highest BCUT2D eigenvalue weighted by molar-refractivity contribution is 9.10. The Morgan fingerprint density at radius 2 is 2.06 bits per heavy atom. The van der Waals surface area contributed by atoms with E-state index in [4.69, 9.17) is 9.15 Å². The third kappa shape index (κ3) is 2.87. The quantitative estimate of drug-likeness (QED) is 0.927. The normalized spacial score (nSPS) is 12.1. The molecule has 1 heterocycles. The first kappa shape index (κ1) is 13.4. The van der Waals surface area contributed by atoms with E-state index in [0.29, 0.717) is 0 Å². The summed E-state index contributed by atoms with van der Waals surface area (Å²) in [6.07, 6.45) is 1.80. The third-order valence-electron chi connectivity index (χ3n) is 2.73. The van der Waals surface area contributed by atoms with Crippen LogP contribution in [0, 0.1) is 0 Å². The summed E-state index contributed by atoms with van der Waals surface area (Å²) in [5, 5.41) is 4.54. The van der Waals surface area contributed by atoms with Crippen molar-refractivity contribution in [2.45, 2.75) is 32.9 Å². The summed E-state index contributed by atoms with van der Waals surface area (Å²) in [4.78, 5) is 0. The number of hydrogen-bond donors (Lipinski definition) is 1. The van der Waals surface area contributed by atoms with Crippen molar-refractivity contribution < 1.29 is 9.15 Å². The molecule has 0 saturated heterocycles. The average Bonchev–Trinajstić information content (AvgIpc) is 2.69. The van der Waals surface area contributed by atoms with Gasteiger partial charge in [0.15, 0.2) is 0 Å². The summed E-state index contributed by atoms with van der Waals surface area (Å²) in [5.74, 6) is 0.827. The highest BCUT2D eigenvalue weighted by Crippen LogP contribution is 2.32. The Labute approximate surface area is 116 Å². The van der Waals surface area contributed by atoms with Crippen LogP contribution in [-0.4, -0.2) is 12.6 Å². The lowest BCUT2D eigenvalue weighted by molar-refractivity contribution is 0.415. The molecule has 0 aliphatic heterocycles. The number of furan rings is 1. The first-order chi connectivity index (χ1) is 8.40. The molecule has 0 fully saturated rings. The summed E-state index contributed by atoms with van der Waals surface area (Å²) < 4.78 is 11.8. The Morgan fingerprint density at radius 3 is 2.67 bits per heavy atom. The number of ether oxygens (including phenoxy) is 1.